The van der Waals surface area contributed by atoms with Crippen molar-refractivity contribution < 1.29 is 14.3 Å². The number of rotatable bonds is 6. The Balaban J connectivity index is 1.63. The number of aryl methyl sites for hydroxylation is 1. The second-order valence-corrected chi connectivity index (χ2v) is 8.17. The van der Waals surface area contributed by atoms with Crippen LogP contribution in [0.3, 0.4) is 0 Å². The molecule has 1 aliphatic heterocycles. The Morgan fingerprint density at radius 2 is 1.93 bits per heavy atom. The van der Waals surface area contributed by atoms with Crippen LogP contribution in [-0.4, -0.2) is 35.3 Å². The van der Waals surface area contributed by atoms with E-state index in [-0.39, 0.29) is 23.9 Å². The molecule has 1 aliphatic rings. The van der Waals surface area contributed by atoms with Gasteiger partial charge >= 0.3 is 6.09 Å². The summed E-state index contributed by atoms with van der Waals surface area (Å²) in [6, 6.07) is 14.8. The molecule has 0 unspecified atom stereocenters. The number of amides is 2. The maximum atomic E-state index is 12.5. The van der Waals surface area contributed by atoms with Crippen molar-refractivity contribution in [3.8, 4) is 0 Å². The molecule has 148 valence electrons. The van der Waals surface area contributed by atoms with Gasteiger partial charge < -0.3 is 9.64 Å². The highest BCUT2D eigenvalue weighted by Crippen LogP contribution is 2.40. The molecule has 0 spiro atoms. The van der Waals surface area contributed by atoms with Gasteiger partial charge in [-0.1, -0.05) is 48.4 Å². The molecule has 1 saturated heterocycles. The number of nitrogens with one attached hydrogen (secondary N) is 1. The highest BCUT2D eigenvalue weighted by atomic mass is 35.5. The third kappa shape index (κ3) is 5.00. The number of hydrogen-bond acceptors (Lipinski definition) is 4. The van der Waals surface area contributed by atoms with E-state index in [1.165, 1.54) is 0 Å². The van der Waals surface area contributed by atoms with Crippen LogP contribution in [0.4, 0.5) is 10.5 Å². The van der Waals surface area contributed by atoms with E-state index in [1.807, 2.05) is 67.3 Å². The number of carbonyl (C=O) groups is 2. The van der Waals surface area contributed by atoms with Crippen molar-refractivity contribution in [2.45, 2.75) is 31.7 Å². The van der Waals surface area contributed by atoms with E-state index in [0.717, 1.165) is 11.1 Å². The van der Waals surface area contributed by atoms with Gasteiger partial charge in [-0.15, -0.1) is 11.8 Å². The van der Waals surface area contributed by atoms with Crippen LogP contribution in [0.25, 0.3) is 0 Å². The zero-order chi connectivity index (χ0) is 20.1. The number of halogens is 1. The van der Waals surface area contributed by atoms with Gasteiger partial charge in [0.1, 0.15) is 12.0 Å². The lowest BCUT2D eigenvalue weighted by molar-refractivity contribution is -0.131. The Kier molecular flexibility index (Phi) is 6.86. The molecule has 1 N–H and O–H groups in total. The van der Waals surface area contributed by atoms with Crippen LogP contribution in [0.15, 0.2) is 48.5 Å². The summed E-state index contributed by atoms with van der Waals surface area (Å²) in [6.07, 6.45) is 0.165. The smallest absolute Gasteiger partial charge is 0.411 e. The monoisotopic (exact) mass is 418 g/mol. The largest absolute Gasteiger partial charge is 0.447 e. The predicted molar refractivity (Wildman–Crippen MR) is 114 cm³/mol. The lowest BCUT2D eigenvalue weighted by Gasteiger charge is -2.32. The van der Waals surface area contributed by atoms with Crippen molar-refractivity contribution in [2.24, 2.45) is 0 Å². The minimum Gasteiger partial charge on any atom is -0.447 e. The van der Waals surface area contributed by atoms with Crippen LogP contribution in [0.1, 0.15) is 29.8 Å². The fourth-order valence-corrected chi connectivity index (χ4v) is 4.45. The van der Waals surface area contributed by atoms with Gasteiger partial charge in [-0.2, -0.15) is 0 Å². The molecule has 0 aliphatic carbocycles. The van der Waals surface area contributed by atoms with Crippen molar-refractivity contribution in [1.29, 1.82) is 0 Å². The normalized spacial score (nSPS) is 17.5. The molecule has 2 atom stereocenters. The van der Waals surface area contributed by atoms with E-state index in [2.05, 4.69) is 5.32 Å². The maximum absolute atomic E-state index is 12.5. The van der Waals surface area contributed by atoms with Crippen LogP contribution in [0.2, 0.25) is 5.02 Å². The fourth-order valence-electron chi connectivity index (χ4n) is 3.07. The van der Waals surface area contributed by atoms with Crippen LogP contribution in [0, 0.1) is 6.92 Å². The number of thioether (sulfide) groups is 1. The summed E-state index contributed by atoms with van der Waals surface area (Å²) in [6.45, 7) is 4.11. The molecule has 2 aromatic rings. The highest BCUT2D eigenvalue weighted by Gasteiger charge is 2.37. The summed E-state index contributed by atoms with van der Waals surface area (Å²) in [5.74, 6) is 0.471. The summed E-state index contributed by atoms with van der Waals surface area (Å²) in [5, 5.41) is 3.28. The Bertz CT molecular complexity index is 827. The molecule has 3 rings (SSSR count). The van der Waals surface area contributed by atoms with Crippen molar-refractivity contribution in [1.82, 2.24) is 4.90 Å². The molecule has 0 saturated carbocycles. The lowest BCUT2D eigenvalue weighted by atomic mass is 10.1. The number of carbonyl (C=O) groups excluding carboxylic acids is 2. The number of anilines is 1. The number of hydrogen-bond donors (Lipinski definition) is 1. The Hall–Kier alpha value is -2.18. The van der Waals surface area contributed by atoms with Crippen molar-refractivity contribution in [2.75, 3.05) is 17.7 Å². The average Bonchev–Trinajstić information content (AvgIpc) is 3.06. The first-order valence-corrected chi connectivity index (χ1v) is 10.6. The van der Waals surface area contributed by atoms with Gasteiger partial charge in [0.25, 0.3) is 0 Å². The van der Waals surface area contributed by atoms with E-state index in [0.29, 0.717) is 22.9 Å². The molecule has 2 aromatic carbocycles. The quantitative estimate of drug-likeness (QED) is 0.696. The van der Waals surface area contributed by atoms with Gasteiger partial charge in [-0.25, -0.2) is 4.79 Å². The van der Waals surface area contributed by atoms with Gasteiger partial charge in [0.05, 0.1) is 11.8 Å². The first kappa shape index (κ1) is 20.6. The molecule has 1 heterocycles. The Morgan fingerprint density at radius 3 is 2.57 bits per heavy atom. The second-order valence-electron chi connectivity index (χ2n) is 6.67. The highest BCUT2D eigenvalue weighted by molar-refractivity contribution is 8.00. The van der Waals surface area contributed by atoms with Crippen LogP contribution in [-0.2, 0) is 9.53 Å². The van der Waals surface area contributed by atoms with Gasteiger partial charge in [-0.05, 0) is 43.2 Å². The zero-order valence-corrected chi connectivity index (χ0v) is 17.4. The number of ether oxygens (including phenoxy) is 1. The average molecular weight is 419 g/mol. The Morgan fingerprint density at radius 1 is 1.25 bits per heavy atom. The van der Waals surface area contributed by atoms with Gasteiger partial charge in [0.2, 0.25) is 5.91 Å². The van der Waals surface area contributed by atoms with Crippen molar-refractivity contribution >= 4 is 41.1 Å². The first-order chi connectivity index (χ1) is 13.5. The SMILES string of the molecule is CC[C@H](COC(=O)Nc1ccc(C)cc1)N1C(=O)CS[C@H]1c1ccc(Cl)cc1. The molecule has 28 heavy (non-hydrogen) atoms. The Labute approximate surface area is 174 Å². The third-order valence-electron chi connectivity index (χ3n) is 4.63. The summed E-state index contributed by atoms with van der Waals surface area (Å²) in [7, 11) is 0. The minimum absolute atomic E-state index is 0.0549. The fraction of sp³-hybridized carbons (Fsp3) is 0.333. The summed E-state index contributed by atoms with van der Waals surface area (Å²) >= 11 is 7.56. The van der Waals surface area contributed by atoms with Crippen LogP contribution < -0.4 is 5.32 Å². The van der Waals surface area contributed by atoms with Crippen molar-refractivity contribution in [3.63, 3.8) is 0 Å². The molecule has 0 bridgehead atoms. The first-order valence-electron chi connectivity index (χ1n) is 9.16. The second kappa shape index (κ2) is 9.34. The molecule has 2 amide bonds. The van der Waals surface area contributed by atoms with Crippen LogP contribution >= 0.6 is 23.4 Å². The minimum atomic E-state index is -0.523. The van der Waals surface area contributed by atoms with E-state index in [4.69, 9.17) is 16.3 Å². The molecular weight excluding hydrogens is 396 g/mol. The van der Waals surface area contributed by atoms with Crippen LogP contribution in [0.5, 0.6) is 0 Å². The summed E-state index contributed by atoms with van der Waals surface area (Å²) in [4.78, 5) is 26.5. The predicted octanol–water partition coefficient (Wildman–Crippen LogP) is 5.25. The van der Waals surface area contributed by atoms with Crippen molar-refractivity contribution in [3.05, 3.63) is 64.7 Å². The van der Waals surface area contributed by atoms with E-state index < -0.39 is 6.09 Å². The van der Waals surface area contributed by atoms with E-state index in [9.17, 15) is 9.59 Å². The summed E-state index contributed by atoms with van der Waals surface area (Å²) in [5.41, 5.74) is 2.81. The third-order valence-corrected chi connectivity index (χ3v) is 6.11. The molecule has 0 aromatic heterocycles. The zero-order valence-electron chi connectivity index (χ0n) is 15.9. The maximum Gasteiger partial charge on any atom is 0.411 e. The molecule has 1 fully saturated rings. The van der Waals surface area contributed by atoms with Gasteiger partial charge in [0.15, 0.2) is 0 Å². The van der Waals surface area contributed by atoms with E-state index >= 15 is 0 Å². The molecule has 0 radical (unpaired) electrons. The number of nitrogens with zero attached hydrogens (tertiary/aromatic N) is 1. The molecular formula is C21H23ClN2O3S. The number of benzene rings is 2. The summed E-state index contributed by atoms with van der Waals surface area (Å²) < 4.78 is 5.42. The topological polar surface area (TPSA) is 58.6 Å². The standard InChI is InChI=1S/C21H23ClN2O3S/c1-3-18(12-27-21(26)23-17-10-4-14(2)5-11-17)24-19(25)13-28-20(24)15-6-8-16(22)9-7-15/h4-11,18,20H,3,12-13H2,1-2H3,(H,23,26)/t18-,20+/m1/s1. The van der Waals surface area contributed by atoms with Gasteiger partial charge in [0, 0.05) is 10.7 Å². The molecule has 5 nitrogen and oxygen atoms in total. The molecule has 7 heteroatoms. The van der Waals surface area contributed by atoms with E-state index in [1.54, 1.807) is 11.8 Å². The lowest BCUT2D eigenvalue weighted by Crippen LogP contribution is -2.41. The van der Waals surface area contributed by atoms with Gasteiger partial charge in [-0.3, -0.25) is 10.1 Å².